The van der Waals surface area contributed by atoms with E-state index in [-0.39, 0.29) is 25.0 Å². The third-order valence-electron chi connectivity index (χ3n) is 3.38. The molecule has 1 saturated heterocycles. The van der Waals surface area contributed by atoms with Gasteiger partial charge >= 0.3 is 5.97 Å². The predicted octanol–water partition coefficient (Wildman–Crippen LogP) is 0.777. The number of carbonyl (C=O) groups is 2. The van der Waals surface area contributed by atoms with Crippen LogP contribution in [0.4, 0.5) is 0 Å². The number of hydrogen-bond donors (Lipinski definition) is 1. The van der Waals surface area contributed by atoms with Gasteiger partial charge in [-0.3, -0.25) is 14.0 Å². The van der Waals surface area contributed by atoms with E-state index in [9.17, 15) is 9.59 Å². The van der Waals surface area contributed by atoms with Crippen LogP contribution in [0, 0.1) is 0 Å². The van der Waals surface area contributed by atoms with Crippen LogP contribution in [0.15, 0.2) is 17.8 Å². The molecule has 1 aliphatic rings. The number of rotatable bonds is 6. The summed E-state index contributed by atoms with van der Waals surface area (Å²) < 4.78 is 12.2. The maximum absolute atomic E-state index is 11.7. The quantitative estimate of drug-likeness (QED) is 0.794. The molecule has 1 fully saturated rings. The average molecular weight is 323 g/mol. The summed E-state index contributed by atoms with van der Waals surface area (Å²) in [5.74, 6) is -0.771. The van der Waals surface area contributed by atoms with Gasteiger partial charge in [0.2, 0.25) is 0 Å². The first-order valence-electron chi connectivity index (χ1n) is 7.16. The lowest BCUT2D eigenvalue weighted by Gasteiger charge is -2.10. The minimum atomic E-state index is -0.460. The number of nitrogens with one attached hydrogen (secondary N) is 1. The number of esters is 1. The molecular formula is C14H17N3O4S. The van der Waals surface area contributed by atoms with Crippen molar-refractivity contribution in [3.63, 3.8) is 0 Å². The predicted molar refractivity (Wildman–Crippen MR) is 79.7 cm³/mol. The fourth-order valence-electron chi connectivity index (χ4n) is 2.29. The Labute approximate surface area is 131 Å². The Morgan fingerprint density at radius 2 is 2.45 bits per heavy atom. The third kappa shape index (κ3) is 3.83. The van der Waals surface area contributed by atoms with Gasteiger partial charge in [0.15, 0.2) is 11.6 Å². The molecule has 2 aromatic rings. The maximum Gasteiger partial charge on any atom is 0.312 e. The second-order valence-corrected chi connectivity index (χ2v) is 5.97. The molecule has 3 rings (SSSR count). The van der Waals surface area contributed by atoms with Crippen molar-refractivity contribution in [3.05, 3.63) is 23.5 Å². The van der Waals surface area contributed by atoms with Gasteiger partial charge in [-0.25, -0.2) is 4.98 Å². The topological polar surface area (TPSA) is 81.9 Å². The van der Waals surface area contributed by atoms with Crippen molar-refractivity contribution in [1.29, 1.82) is 0 Å². The van der Waals surface area contributed by atoms with Crippen molar-refractivity contribution in [3.8, 4) is 0 Å². The van der Waals surface area contributed by atoms with E-state index in [4.69, 9.17) is 9.47 Å². The standard InChI is InChI=1S/C14H17N3O4S/c18-12(15-7-11-2-1-4-20-11)9-21-13(19)6-10-8-17-3-5-22-14(17)16-10/h3,5,8,11H,1-2,4,6-7,9H2,(H,15,18)/t11-/m1/s1. The molecule has 0 aromatic carbocycles. The monoisotopic (exact) mass is 323 g/mol. The Hall–Kier alpha value is -1.93. The zero-order valence-corrected chi connectivity index (χ0v) is 12.8. The largest absolute Gasteiger partial charge is 0.455 e. The molecule has 1 amide bonds. The van der Waals surface area contributed by atoms with Crippen molar-refractivity contribution in [2.75, 3.05) is 19.8 Å². The van der Waals surface area contributed by atoms with Gasteiger partial charge < -0.3 is 14.8 Å². The molecule has 0 saturated carbocycles. The molecule has 8 heteroatoms. The summed E-state index contributed by atoms with van der Waals surface area (Å²) in [5, 5.41) is 4.62. The molecule has 3 heterocycles. The first-order valence-corrected chi connectivity index (χ1v) is 8.03. The molecule has 0 spiro atoms. The minimum absolute atomic E-state index is 0.0629. The molecule has 2 aromatic heterocycles. The Balaban J connectivity index is 1.38. The van der Waals surface area contributed by atoms with Gasteiger partial charge in [0.05, 0.1) is 18.2 Å². The highest BCUT2D eigenvalue weighted by Crippen LogP contribution is 2.12. The molecular weight excluding hydrogens is 306 g/mol. The zero-order valence-electron chi connectivity index (χ0n) is 12.0. The number of amides is 1. The molecule has 118 valence electrons. The van der Waals surface area contributed by atoms with Gasteiger partial charge in [-0.15, -0.1) is 11.3 Å². The fraction of sp³-hybridized carbons (Fsp3) is 0.500. The Morgan fingerprint density at radius 3 is 3.23 bits per heavy atom. The Bertz CT molecular complexity index is 631. The van der Waals surface area contributed by atoms with Crippen LogP contribution in [0.25, 0.3) is 4.96 Å². The highest BCUT2D eigenvalue weighted by atomic mass is 32.1. The van der Waals surface area contributed by atoms with E-state index in [0.29, 0.717) is 12.2 Å². The lowest BCUT2D eigenvalue weighted by molar-refractivity contribution is -0.148. The first kappa shape index (κ1) is 15.0. The zero-order chi connectivity index (χ0) is 15.4. The van der Waals surface area contributed by atoms with Crippen LogP contribution in [-0.4, -0.2) is 47.1 Å². The van der Waals surface area contributed by atoms with E-state index >= 15 is 0 Å². The number of hydrogen-bond acceptors (Lipinski definition) is 6. The van der Waals surface area contributed by atoms with Gasteiger partial charge in [0.1, 0.15) is 0 Å². The van der Waals surface area contributed by atoms with Crippen LogP contribution in [0.1, 0.15) is 18.5 Å². The SMILES string of the molecule is O=C(COC(=O)Cc1cn2ccsc2n1)NC[C@H]1CCCO1. The molecule has 1 atom stereocenters. The fourth-order valence-corrected chi connectivity index (χ4v) is 3.01. The summed E-state index contributed by atoms with van der Waals surface area (Å²) in [6.45, 7) is 0.944. The first-order chi connectivity index (χ1) is 10.7. The number of aromatic nitrogens is 2. The van der Waals surface area contributed by atoms with Crippen molar-refractivity contribution >= 4 is 28.2 Å². The molecule has 1 N–H and O–H groups in total. The lowest BCUT2D eigenvalue weighted by atomic mass is 10.2. The number of nitrogens with zero attached hydrogens (tertiary/aromatic N) is 2. The molecule has 0 aliphatic carbocycles. The molecule has 0 radical (unpaired) electrons. The van der Waals surface area contributed by atoms with Gasteiger partial charge in [-0.05, 0) is 12.8 Å². The second-order valence-electron chi connectivity index (χ2n) is 5.10. The minimum Gasteiger partial charge on any atom is -0.455 e. The number of thiazole rings is 1. The van der Waals surface area contributed by atoms with Crippen LogP contribution in [0.3, 0.4) is 0 Å². The van der Waals surface area contributed by atoms with E-state index in [1.807, 2.05) is 16.0 Å². The van der Waals surface area contributed by atoms with E-state index in [1.165, 1.54) is 11.3 Å². The summed E-state index contributed by atoms with van der Waals surface area (Å²) in [6.07, 6.45) is 5.78. The normalized spacial score (nSPS) is 17.7. The van der Waals surface area contributed by atoms with E-state index in [2.05, 4.69) is 10.3 Å². The van der Waals surface area contributed by atoms with Crippen LogP contribution >= 0.6 is 11.3 Å². The maximum atomic E-state index is 11.7. The van der Waals surface area contributed by atoms with E-state index < -0.39 is 5.97 Å². The molecule has 0 unspecified atom stereocenters. The summed E-state index contributed by atoms with van der Waals surface area (Å²) in [6, 6.07) is 0. The van der Waals surface area contributed by atoms with Gasteiger partial charge in [0, 0.05) is 30.9 Å². The molecule has 7 nitrogen and oxygen atoms in total. The van der Waals surface area contributed by atoms with Crippen LogP contribution in [0.5, 0.6) is 0 Å². The molecule has 0 bridgehead atoms. The van der Waals surface area contributed by atoms with Crippen LogP contribution in [-0.2, 0) is 25.5 Å². The van der Waals surface area contributed by atoms with Gasteiger partial charge in [0.25, 0.3) is 5.91 Å². The molecule has 22 heavy (non-hydrogen) atoms. The third-order valence-corrected chi connectivity index (χ3v) is 4.15. The van der Waals surface area contributed by atoms with Crippen molar-refractivity contribution < 1.29 is 19.1 Å². The second kappa shape index (κ2) is 6.89. The summed E-state index contributed by atoms with van der Waals surface area (Å²) in [5.41, 5.74) is 0.636. The number of fused-ring (bicyclic) bond motifs is 1. The molecule has 1 aliphatic heterocycles. The number of carbonyl (C=O) groups excluding carboxylic acids is 2. The summed E-state index contributed by atoms with van der Waals surface area (Å²) in [7, 11) is 0. The van der Waals surface area contributed by atoms with Crippen molar-refractivity contribution in [2.45, 2.75) is 25.4 Å². The van der Waals surface area contributed by atoms with E-state index in [0.717, 1.165) is 24.4 Å². The van der Waals surface area contributed by atoms with Crippen LogP contribution < -0.4 is 5.32 Å². The lowest BCUT2D eigenvalue weighted by Crippen LogP contribution is -2.35. The Morgan fingerprint density at radius 1 is 1.55 bits per heavy atom. The smallest absolute Gasteiger partial charge is 0.312 e. The Kier molecular flexibility index (Phi) is 4.69. The van der Waals surface area contributed by atoms with E-state index in [1.54, 1.807) is 6.20 Å². The van der Waals surface area contributed by atoms with Crippen molar-refractivity contribution in [1.82, 2.24) is 14.7 Å². The van der Waals surface area contributed by atoms with Crippen LogP contribution in [0.2, 0.25) is 0 Å². The summed E-state index contributed by atoms with van der Waals surface area (Å²) in [4.78, 5) is 28.4. The summed E-state index contributed by atoms with van der Waals surface area (Å²) >= 11 is 1.50. The number of imidazole rings is 1. The van der Waals surface area contributed by atoms with Gasteiger partial charge in [-0.2, -0.15) is 0 Å². The highest BCUT2D eigenvalue weighted by Gasteiger charge is 2.17. The highest BCUT2D eigenvalue weighted by molar-refractivity contribution is 7.15. The number of ether oxygens (including phenoxy) is 2. The average Bonchev–Trinajstić information content (AvgIpc) is 3.19. The van der Waals surface area contributed by atoms with Crippen molar-refractivity contribution in [2.24, 2.45) is 0 Å². The van der Waals surface area contributed by atoms with Gasteiger partial charge in [-0.1, -0.05) is 0 Å².